The molecule has 0 aliphatic heterocycles. The standard InChI is InChI=1S/C72H133O11P/c1-4-7-10-13-16-19-22-25-28-31-34-37-40-43-46-49-52-55-58-61-70(74)79-65-69(83-72(76)63-60-57-54-51-48-45-42-39-36-33-30-27-24-21-18-15-12-9-6-3)67-81-84(77,78)80-66-68(64-73)82-71(75)62-59-56-53-50-47-44-41-38-35-32-29-26-23-20-17-14-11-8-5-2/h16,19,25-30,68-69,73H,4-15,17-18,20-24,31-67H2,1-3H3,(H,77,78)/b19-16-,28-25-,29-26-,30-27-. The van der Waals surface area contributed by atoms with Crippen LogP contribution in [0.5, 0.6) is 0 Å². The second-order valence-electron chi connectivity index (χ2n) is 24.0. The van der Waals surface area contributed by atoms with Gasteiger partial charge < -0.3 is 24.2 Å². The van der Waals surface area contributed by atoms with Crippen molar-refractivity contribution in [3.63, 3.8) is 0 Å². The van der Waals surface area contributed by atoms with Crippen LogP contribution in [0.4, 0.5) is 0 Å². The molecule has 0 aromatic rings. The largest absolute Gasteiger partial charge is 0.472 e. The molecule has 0 bridgehead atoms. The van der Waals surface area contributed by atoms with Crippen LogP contribution < -0.4 is 0 Å². The van der Waals surface area contributed by atoms with Gasteiger partial charge in [0.15, 0.2) is 6.10 Å². The summed E-state index contributed by atoms with van der Waals surface area (Å²) >= 11 is 0. The molecule has 0 fully saturated rings. The third-order valence-electron chi connectivity index (χ3n) is 15.7. The van der Waals surface area contributed by atoms with E-state index in [1.54, 1.807) is 0 Å². The maximum atomic E-state index is 13.0. The molecular formula is C72H133O11P. The van der Waals surface area contributed by atoms with Gasteiger partial charge in [-0.15, -0.1) is 0 Å². The van der Waals surface area contributed by atoms with Gasteiger partial charge >= 0.3 is 25.7 Å². The fraction of sp³-hybridized carbons (Fsp3) is 0.847. The lowest BCUT2D eigenvalue weighted by molar-refractivity contribution is -0.161. The molecule has 0 aromatic heterocycles. The smallest absolute Gasteiger partial charge is 0.462 e. The molecule has 3 atom stereocenters. The Hall–Kier alpha value is -2.56. The fourth-order valence-corrected chi connectivity index (χ4v) is 11.0. The fourth-order valence-electron chi connectivity index (χ4n) is 10.3. The van der Waals surface area contributed by atoms with Gasteiger partial charge in [-0.2, -0.15) is 0 Å². The van der Waals surface area contributed by atoms with Crippen LogP contribution >= 0.6 is 7.82 Å². The van der Waals surface area contributed by atoms with Crippen molar-refractivity contribution in [2.75, 3.05) is 26.4 Å². The predicted octanol–water partition coefficient (Wildman–Crippen LogP) is 22.0. The third-order valence-corrected chi connectivity index (χ3v) is 16.6. The summed E-state index contributed by atoms with van der Waals surface area (Å²) in [6.45, 7) is 4.69. The Labute approximate surface area is 517 Å². The number of unbranched alkanes of at least 4 members (excludes halogenated alkanes) is 42. The number of allylic oxidation sites excluding steroid dienone is 8. The molecule has 0 spiro atoms. The quantitative estimate of drug-likeness (QED) is 0.0197. The Morgan fingerprint density at radius 2 is 0.583 bits per heavy atom. The molecule has 0 amide bonds. The molecule has 0 aromatic carbocycles. The van der Waals surface area contributed by atoms with Gasteiger partial charge in [0.1, 0.15) is 12.7 Å². The molecule has 0 saturated heterocycles. The van der Waals surface area contributed by atoms with E-state index < -0.39 is 57.8 Å². The first kappa shape index (κ1) is 81.4. The Balaban J connectivity index is 4.65. The van der Waals surface area contributed by atoms with Crippen LogP contribution in [0.2, 0.25) is 0 Å². The van der Waals surface area contributed by atoms with Gasteiger partial charge in [0, 0.05) is 19.3 Å². The van der Waals surface area contributed by atoms with Gasteiger partial charge in [0.25, 0.3) is 0 Å². The van der Waals surface area contributed by atoms with Crippen LogP contribution in [0.15, 0.2) is 48.6 Å². The summed E-state index contributed by atoms with van der Waals surface area (Å²) in [5.41, 5.74) is 0. The van der Waals surface area contributed by atoms with E-state index in [1.165, 1.54) is 225 Å². The summed E-state index contributed by atoms with van der Waals surface area (Å²) < 4.78 is 39.8. The normalized spacial score (nSPS) is 13.4. The van der Waals surface area contributed by atoms with Crippen molar-refractivity contribution in [3.05, 3.63) is 48.6 Å². The highest BCUT2D eigenvalue weighted by Crippen LogP contribution is 2.43. The third kappa shape index (κ3) is 63.9. The number of carbonyl (C=O) groups excluding carboxylic acids is 3. The van der Waals surface area contributed by atoms with Crippen molar-refractivity contribution in [1.82, 2.24) is 0 Å². The van der Waals surface area contributed by atoms with Crippen molar-refractivity contribution in [1.29, 1.82) is 0 Å². The zero-order chi connectivity index (χ0) is 61.2. The van der Waals surface area contributed by atoms with Crippen LogP contribution in [0, 0.1) is 0 Å². The number of aliphatic hydroxyl groups excluding tert-OH is 1. The number of aliphatic hydroxyl groups is 1. The monoisotopic (exact) mass is 1200 g/mol. The van der Waals surface area contributed by atoms with Crippen molar-refractivity contribution >= 4 is 25.7 Å². The molecule has 3 unspecified atom stereocenters. The first-order chi connectivity index (χ1) is 41.2. The maximum absolute atomic E-state index is 13.0. The van der Waals surface area contributed by atoms with Gasteiger partial charge in [0.05, 0.1) is 19.8 Å². The number of carbonyl (C=O) groups is 3. The first-order valence-corrected chi connectivity index (χ1v) is 37.0. The lowest BCUT2D eigenvalue weighted by Crippen LogP contribution is -2.30. The molecule has 0 rings (SSSR count). The highest BCUT2D eigenvalue weighted by atomic mass is 31.2. The van der Waals surface area contributed by atoms with E-state index in [4.69, 9.17) is 23.3 Å². The molecular weight excluding hydrogens is 1070 g/mol. The zero-order valence-corrected chi connectivity index (χ0v) is 55.8. The van der Waals surface area contributed by atoms with Gasteiger partial charge in [0.2, 0.25) is 0 Å². The molecule has 2 N–H and O–H groups in total. The average Bonchev–Trinajstić information content (AvgIpc) is 3.55. The Morgan fingerprint density at radius 1 is 0.333 bits per heavy atom. The highest BCUT2D eigenvalue weighted by Gasteiger charge is 2.28. The molecule has 0 heterocycles. The van der Waals surface area contributed by atoms with Crippen molar-refractivity contribution in [2.45, 2.75) is 367 Å². The van der Waals surface area contributed by atoms with Crippen LogP contribution in [0.3, 0.4) is 0 Å². The lowest BCUT2D eigenvalue weighted by Gasteiger charge is -2.21. The van der Waals surface area contributed by atoms with E-state index >= 15 is 0 Å². The molecule has 0 radical (unpaired) electrons. The first-order valence-electron chi connectivity index (χ1n) is 35.5. The van der Waals surface area contributed by atoms with E-state index in [1.807, 2.05) is 0 Å². The summed E-state index contributed by atoms with van der Waals surface area (Å²) in [6, 6.07) is 0. The molecule has 0 saturated carbocycles. The molecule has 492 valence electrons. The van der Waals surface area contributed by atoms with Crippen LogP contribution in [0.25, 0.3) is 0 Å². The Bertz CT molecular complexity index is 1600. The molecule has 84 heavy (non-hydrogen) atoms. The van der Waals surface area contributed by atoms with Gasteiger partial charge in [-0.1, -0.05) is 281 Å². The summed E-state index contributed by atoms with van der Waals surface area (Å²) in [4.78, 5) is 48.9. The number of phosphoric ester groups is 1. The maximum Gasteiger partial charge on any atom is 0.472 e. The van der Waals surface area contributed by atoms with Gasteiger partial charge in [-0.3, -0.25) is 23.4 Å². The van der Waals surface area contributed by atoms with E-state index in [0.717, 1.165) is 70.6 Å². The number of ether oxygens (including phenoxy) is 3. The minimum absolute atomic E-state index is 0.167. The Kier molecular flexibility index (Phi) is 64.4. The number of esters is 3. The van der Waals surface area contributed by atoms with E-state index in [9.17, 15) is 28.9 Å². The van der Waals surface area contributed by atoms with Crippen molar-refractivity contribution in [3.8, 4) is 0 Å². The van der Waals surface area contributed by atoms with Crippen molar-refractivity contribution < 1.29 is 52.2 Å². The van der Waals surface area contributed by atoms with Gasteiger partial charge in [-0.25, -0.2) is 4.57 Å². The summed E-state index contributed by atoms with van der Waals surface area (Å²) in [5, 5.41) is 9.89. The Morgan fingerprint density at radius 3 is 0.917 bits per heavy atom. The van der Waals surface area contributed by atoms with E-state index in [-0.39, 0.29) is 25.9 Å². The van der Waals surface area contributed by atoms with Crippen LogP contribution in [0.1, 0.15) is 355 Å². The highest BCUT2D eigenvalue weighted by molar-refractivity contribution is 7.47. The minimum atomic E-state index is -4.76. The molecule has 11 nitrogen and oxygen atoms in total. The lowest BCUT2D eigenvalue weighted by atomic mass is 10.1. The van der Waals surface area contributed by atoms with Crippen molar-refractivity contribution in [2.24, 2.45) is 0 Å². The number of hydrogen-bond acceptors (Lipinski definition) is 10. The zero-order valence-electron chi connectivity index (χ0n) is 54.9. The topological polar surface area (TPSA) is 155 Å². The minimum Gasteiger partial charge on any atom is -0.462 e. The predicted molar refractivity (Wildman–Crippen MR) is 353 cm³/mol. The summed E-state index contributed by atoms with van der Waals surface area (Å²) in [7, 11) is -4.76. The SMILES string of the molecule is CCCCC/C=C\C/C=C\CCCCCCCCCCCC(=O)OCC(COP(=O)(O)OCC(CO)OC(=O)CCCCCCCCCCC/C=C\CCCCCCCC)OC(=O)CCCCCCCCCCC/C=C\CCCCCCCC. The second-order valence-corrected chi connectivity index (χ2v) is 25.5. The number of hydrogen-bond donors (Lipinski definition) is 2. The van der Waals surface area contributed by atoms with Crippen LogP contribution in [-0.4, -0.2) is 66.5 Å². The number of phosphoric acid groups is 1. The van der Waals surface area contributed by atoms with E-state index in [2.05, 4.69) is 69.4 Å². The molecule has 12 heteroatoms. The van der Waals surface area contributed by atoms with Gasteiger partial charge in [-0.05, 0) is 103 Å². The van der Waals surface area contributed by atoms with Crippen LogP contribution in [-0.2, 0) is 42.2 Å². The summed E-state index contributed by atoms with van der Waals surface area (Å²) in [5.74, 6) is -1.45. The molecule has 0 aliphatic carbocycles. The summed E-state index contributed by atoms with van der Waals surface area (Å²) in [6.07, 6.45) is 74.8. The van der Waals surface area contributed by atoms with E-state index in [0.29, 0.717) is 19.3 Å². The number of rotatable bonds is 67. The average molecular weight is 1210 g/mol. The molecule has 0 aliphatic rings. The second kappa shape index (κ2) is 66.4.